The van der Waals surface area contributed by atoms with Crippen LogP contribution in [0.1, 0.15) is 24.6 Å². The second-order valence-electron chi connectivity index (χ2n) is 7.25. The Morgan fingerprint density at radius 3 is 2.68 bits per heavy atom. The maximum atomic E-state index is 13.2. The van der Waals surface area contributed by atoms with Crippen molar-refractivity contribution >= 4 is 17.3 Å². The van der Waals surface area contributed by atoms with Crippen molar-refractivity contribution in [3.63, 3.8) is 0 Å². The van der Waals surface area contributed by atoms with Gasteiger partial charge in [-0.15, -0.1) is 0 Å². The van der Waals surface area contributed by atoms with Crippen LogP contribution in [0.2, 0.25) is 0 Å². The second kappa shape index (κ2) is 6.40. The van der Waals surface area contributed by atoms with Gasteiger partial charge in [0.05, 0.1) is 23.3 Å². The first-order valence-corrected chi connectivity index (χ1v) is 9.26. The molecular weight excluding hydrogens is 361 g/mol. The zero-order valence-corrected chi connectivity index (χ0v) is 15.0. The summed E-state index contributed by atoms with van der Waals surface area (Å²) in [7, 11) is 0. The molecule has 0 spiro atoms. The van der Waals surface area contributed by atoms with Gasteiger partial charge in [0.15, 0.2) is 0 Å². The van der Waals surface area contributed by atoms with Gasteiger partial charge in [-0.05, 0) is 30.7 Å². The minimum Gasteiger partial charge on any atom is -0.344 e. The van der Waals surface area contributed by atoms with Crippen molar-refractivity contribution in [1.82, 2.24) is 24.6 Å². The molecule has 2 saturated heterocycles. The lowest BCUT2D eigenvalue weighted by atomic mass is 9.97. The van der Waals surface area contributed by atoms with E-state index in [-0.39, 0.29) is 29.6 Å². The van der Waals surface area contributed by atoms with Gasteiger partial charge >= 0.3 is 0 Å². The molecule has 2 aromatic heterocycles. The molecule has 0 bridgehead atoms. The largest absolute Gasteiger partial charge is 0.344 e. The van der Waals surface area contributed by atoms with Crippen molar-refractivity contribution in [2.75, 3.05) is 13.1 Å². The van der Waals surface area contributed by atoms with E-state index in [0.717, 1.165) is 22.6 Å². The summed E-state index contributed by atoms with van der Waals surface area (Å²) in [6.45, 7) is 1.16. The van der Waals surface area contributed by atoms with E-state index in [1.165, 1.54) is 12.1 Å². The highest BCUT2D eigenvalue weighted by Gasteiger charge is 2.39. The first-order valence-electron chi connectivity index (χ1n) is 9.26. The number of hydrogen-bond acceptors (Lipinski definition) is 4. The van der Waals surface area contributed by atoms with Crippen molar-refractivity contribution in [2.45, 2.75) is 24.8 Å². The lowest BCUT2D eigenvalue weighted by molar-refractivity contribution is -0.138. The number of nitrogens with one attached hydrogen (secondary N) is 1. The number of likely N-dealkylation sites (tertiary alicyclic amines) is 1. The molecule has 0 saturated carbocycles. The highest BCUT2D eigenvalue weighted by molar-refractivity contribution is 5.91. The van der Waals surface area contributed by atoms with Gasteiger partial charge in [0.1, 0.15) is 17.7 Å². The van der Waals surface area contributed by atoms with Crippen molar-refractivity contribution < 1.29 is 14.0 Å². The first-order chi connectivity index (χ1) is 13.6. The maximum Gasteiger partial charge on any atom is 0.245 e. The Kier molecular flexibility index (Phi) is 3.85. The van der Waals surface area contributed by atoms with Gasteiger partial charge in [-0.3, -0.25) is 19.0 Å². The number of amides is 2. The topological polar surface area (TPSA) is 79.6 Å². The smallest absolute Gasteiger partial charge is 0.245 e. The fraction of sp³-hybridized carbons (Fsp3) is 0.300. The quantitative estimate of drug-likeness (QED) is 0.752. The number of carbonyl (C=O) groups excluding carboxylic acids is 2. The highest BCUT2D eigenvalue weighted by atomic mass is 19.1. The molecule has 1 atom stereocenters. The van der Waals surface area contributed by atoms with Crippen LogP contribution in [0.4, 0.5) is 4.39 Å². The molecule has 1 N–H and O–H groups in total. The molecule has 2 aliphatic rings. The highest BCUT2D eigenvalue weighted by Crippen LogP contribution is 2.30. The molecule has 28 heavy (non-hydrogen) atoms. The van der Waals surface area contributed by atoms with Gasteiger partial charge in [-0.1, -0.05) is 0 Å². The summed E-state index contributed by atoms with van der Waals surface area (Å²) in [5, 5.41) is 2.73. The molecule has 2 aliphatic heterocycles. The average molecular weight is 379 g/mol. The first kappa shape index (κ1) is 16.9. The molecular formula is C20H18FN5O2. The molecule has 3 aromatic rings. The number of halogens is 1. The van der Waals surface area contributed by atoms with Crippen LogP contribution in [0.15, 0.2) is 42.9 Å². The van der Waals surface area contributed by atoms with Gasteiger partial charge in [0.25, 0.3) is 0 Å². The van der Waals surface area contributed by atoms with E-state index in [0.29, 0.717) is 25.9 Å². The SMILES string of the molecule is O=C1CCC(C(=O)N2CC(c3ncc4c(-c5ccc(F)cc5)nccn34)C2)N1. The molecule has 1 aromatic carbocycles. The van der Waals surface area contributed by atoms with E-state index >= 15 is 0 Å². The average Bonchev–Trinajstić information content (AvgIpc) is 3.28. The van der Waals surface area contributed by atoms with Gasteiger partial charge < -0.3 is 10.2 Å². The molecule has 0 aliphatic carbocycles. The zero-order chi connectivity index (χ0) is 19.3. The van der Waals surface area contributed by atoms with Crippen LogP contribution >= 0.6 is 0 Å². The van der Waals surface area contributed by atoms with Crippen LogP contribution in [-0.2, 0) is 9.59 Å². The molecule has 8 heteroatoms. The fourth-order valence-electron chi connectivity index (χ4n) is 3.92. The lowest BCUT2D eigenvalue weighted by Gasteiger charge is -2.39. The maximum absolute atomic E-state index is 13.2. The van der Waals surface area contributed by atoms with Crippen LogP contribution in [0.3, 0.4) is 0 Å². The van der Waals surface area contributed by atoms with Crippen LogP contribution in [0.25, 0.3) is 16.8 Å². The van der Waals surface area contributed by atoms with Crippen molar-refractivity contribution in [1.29, 1.82) is 0 Å². The van der Waals surface area contributed by atoms with E-state index < -0.39 is 0 Å². The molecule has 2 amide bonds. The Hall–Kier alpha value is -3.29. The number of benzene rings is 1. The van der Waals surface area contributed by atoms with Crippen molar-refractivity contribution in [2.24, 2.45) is 0 Å². The van der Waals surface area contributed by atoms with Crippen LogP contribution < -0.4 is 5.32 Å². The van der Waals surface area contributed by atoms with Crippen LogP contribution in [0.5, 0.6) is 0 Å². The van der Waals surface area contributed by atoms with E-state index in [4.69, 9.17) is 0 Å². The zero-order valence-electron chi connectivity index (χ0n) is 15.0. The van der Waals surface area contributed by atoms with E-state index in [1.54, 1.807) is 29.4 Å². The number of hydrogen-bond donors (Lipinski definition) is 1. The molecule has 5 rings (SSSR count). The van der Waals surface area contributed by atoms with Gasteiger partial charge in [-0.2, -0.15) is 0 Å². The number of aromatic nitrogens is 3. The predicted octanol–water partition coefficient (Wildman–Crippen LogP) is 1.74. The monoisotopic (exact) mass is 379 g/mol. The normalized spacial score (nSPS) is 19.7. The Morgan fingerprint density at radius 1 is 1.18 bits per heavy atom. The second-order valence-corrected chi connectivity index (χ2v) is 7.25. The Bertz CT molecular complexity index is 1070. The Balaban J connectivity index is 1.37. The minimum absolute atomic E-state index is 0.0170. The number of fused-ring (bicyclic) bond motifs is 1. The molecule has 7 nitrogen and oxygen atoms in total. The Morgan fingerprint density at radius 2 is 1.96 bits per heavy atom. The number of carbonyl (C=O) groups is 2. The third kappa shape index (κ3) is 2.72. The Labute approximate surface area is 160 Å². The predicted molar refractivity (Wildman–Crippen MR) is 98.9 cm³/mol. The van der Waals surface area contributed by atoms with Crippen LogP contribution in [0, 0.1) is 5.82 Å². The van der Waals surface area contributed by atoms with E-state index in [1.807, 2.05) is 10.6 Å². The number of rotatable bonds is 3. The van der Waals surface area contributed by atoms with Gasteiger partial charge in [0, 0.05) is 37.5 Å². The fourth-order valence-corrected chi connectivity index (χ4v) is 3.92. The molecule has 0 radical (unpaired) electrons. The standard InChI is InChI=1S/C20H18FN5O2/c21-14-3-1-12(2-4-14)18-16-9-23-19(26(16)8-7-22-18)13-10-25(11-13)20(28)15-5-6-17(27)24-15/h1-4,7-9,13,15H,5-6,10-11H2,(H,24,27). The van der Waals surface area contributed by atoms with E-state index in [2.05, 4.69) is 15.3 Å². The number of nitrogens with zero attached hydrogens (tertiary/aromatic N) is 4. The summed E-state index contributed by atoms with van der Waals surface area (Å²) < 4.78 is 15.2. The molecule has 142 valence electrons. The van der Waals surface area contributed by atoms with Gasteiger partial charge in [-0.25, -0.2) is 9.37 Å². The van der Waals surface area contributed by atoms with E-state index in [9.17, 15) is 14.0 Å². The minimum atomic E-state index is -0.389. The summed E-state index contributed by atoms with van der Waals surface area (Å²) in [6, 6.07) is 5.83. The van der Waals surface area contributed by atoms with Crippen molar-refractivity contribution in [3.05, 3.63) is 54.5 Å². The van der Waals surface area contributed by atoms with Gasteiger partial charge in [0.2, 0.25) is 11.8 Å². The summed E-state index contributed by atoms with van der Waals surface area (Å²) in [4.78, 5) is 34.6. The molecule has 2 fully saturated rings. The van der Waals surface area contributed by atoms with Crippen molar-refractivity contribution in [3.8, 4) is 11.3 Å². The summed E-state index contributed by atoms with van der Waals surface area (Å²) in [6.07, 6.45) is 6.30. The number of imidazole rings is 1. The van der Waals surface area contributed by atoms with Crippen LogP contribution in [-0.4, -0.2) is 50.2 Å². The lowest BCUT2D eigenvalue weighted by Crippen LogP contribution is -2.54. The third-order valence-corrected chi connectivity index (χ3v) is 5.46. The molecule has 4 heterocycles. The summed E-state index contributed by atoms with van der Waals surface area (Å²) in [5.41, 5.74) is 2.40. The third-order valence-electron chi connectivity index (χ3n) is 5.46. The molecule has 1 unspecified atom stereocenters. The summed E-state index contributed by atoms with van der Waals surface area (Å²) in [5.74, 6) is 0.641. The summed E-state index contributed by atoms with van der Waals surface area (Å²) >= 11 is 0.